The van der Waals surface area contributed by atoms with E-state index in [1.165, 1.54) is 23.1 Å². The monoisotopic (exact) mass is 406 g/mol. The number of thiophene rings is 1. The van der Waals surface area contributed by atoms with Crippen LogP contribution >= 0.6 is 23.1 Å². The molecule has 0 saturated heterocycles. The lowest BCUT2D eigenvalue weighted by molar-refractivity contribution is 0.102. The molecule has 0 aliphatic heterocycles. The third-order valence-electron chi connectivity index (χ3n) is 4.22. The molecule has 140 valence electrons. The average molecular weight is 407 g/mol. The number of thioether (sulfide) groups is 1. The third-order valence-corrected chi connectivity index (χ3v) is 6.09. The first-order valence-corrected chi connectivity index (χ1v) is 10.6. The van der Waals surface area contributed by atoms with Crippen LogP contribution in [0.25, 0.3) is 16.9 Å². The van der Waals surface area contributed by atoms with Crippen molar-refractivity contribution in [1.82, 2.24) is 9.55 Å². The molecule has 6 heteroatoms. The summed E-state index contributed by atoms with van der Waals surface area (Å²) in [7, 11) is 1.65. The molecule has 0 bridgehead atoms. The van der Waals surface area contributed by atoms with Gasteiger partial charge in [0.1, 0.15) is 5.75 Å². The Balaban J connectivity index is 1.66. The summed E-state index contributed by atoms with van der Waals surface area (Å²) in [5.41, 5.74) is 2.89. The zero-order valence-corrected chi connectivity index (χ0v) is 16.9. The van der Waals surface area contributed by atoms with Crippen molar-refractivity contribution in [2.45, 2.75) is 5.16 Å². The highest BCUT2D eigenvalue weighted by molar-refractivity contribution is 7.99. The number of imidazole rings is 1. The Labute approximate surface area is 171 Å². The second kappa shape index (κ2) is 8.46. The van der Waals surface area contributed by atoms with Crippen LogP contribution in [0.3, 0.4) is 0 Å². The number of ether oxygens (including phenoxy) is 1. The van der Waals surface area contributed by atoms with E-state index in [0.29, 0.717) is 5.75 Å². The number of carbonyl (C=O) groups is 1. The van der Waals surface area contributed by atoms with Gasteiger partial charge in [-0.2, -0.15) is 0 Å². The van der Waals surface area contributed by atoms with Crippen molar-refractivity contribution in [3.8, 4) is 22.7 Å². The molecule has 0 aliphatic rings. The van der Waals surface area contributed by atoms with Gasteiger partial charge < -0.3 is 4.74 Å². The van der Waals surface area contributed by atoms with E-state index >= 15 is 0 Å². The number of hydrogen-bond acceptors (Lipinski definition) is 5. The first-order valence-electron chi connectivity index (χ1n) is 8.73. The minimum atomic E-state index is 0.116. The van der Waals surface area contributed by atoms with Crippen LogP contribution in [0, 0.1) is 0 Å². The molecule has 0 saturated carbocycles. The minimum absolute atomic E-state index is 0.116. The summed E-state index contributed by atoms with van der Waals surface area (Å²) >= 11 is 2.92. The molecule has 28 heavy (non-hydrogen) atoms. The summed E-state index contributed by atoms with van der Waals surface area (Å²) in [6.07, 6.45) is 2.01. The Kier molecular flexibility index (Phi) is 5.60. The van der Waals surface area contributed by atoms with E-state index in [-0.39, 0.29) is 5.78 Å². The van der Waals surface area contributed by atoms with E-state index in [2.05, 4.69) is 0 Å². The number of Topliss-reactive ketones (excluding diaryl/α,β-unsaturated/α-hetero) is 1. The Bertz CT molecular complexity index is 1060. The topological polar surface area (TPSA) is 44.1 Å². The molecule has 2 aromatic heterocycles. The second-order valence-corrected chi connectivity index (χ2v) is 7.92. The largest absolute Gasteiger partial charge is 0.497 e. The smallest absolute Gasteiger partial charge is 0.183 e. The maximum atomic E-state index is 12.4. The van der Waals surface area contributed by atoms with Crippen molar-refractivity contribution in [2.75, 3.05) is 12.9 Å². The Morgan fingerprint density at radius 1 is 1.07 bits per heavy atom. The van der Waals surface area contributed by atoms with Crippen LogP contribution in [-0.2, 0) is 0 Å². The molecule has 0 N–H and O–H groups in total. The lowest BCUT2D eigenvalue weighted by Crippen LogP contribution is -2.02. The standard InChI is InChI=1S/C22H18N2O2S2/c1-26-18-11-9-17(10-12-18)24-14-19(16-6-3-2-4-7-16)23-22(24)28-15-20(25)21-8-5-13-27-21/h2-14H,15H2,1H3. The van der Waals surface area contributed by atoms with Gasteiger partial charge in [-0.3, -0.25) is 9.36 Å². The van der Waals surface area contributed by atoms with Crippen molar-refractivity contribution >= 4 is 28.9 Å². The van der Waals surface area contributed by atoms with Crippen LogP contribution < -0.4 is 4.74 Å². The summed E-state index contributed by atoms with van der Waals surface area (Å²) < 4.78 is 7.28. The van der Waals surface area contributed by atoms with Gasteiger partial charge >= 0.3 is 0 Å². The number of nitrogens with zero attached hydrogens (tertiary/aromatic N) is 2. The van der Waals surface area contributed by atoms with Gasteiger partial charge in [0, 0.05) is 17.4 Å². The molecule has 0 atom stereocenters. The van der Waals surface area contributed by atoms with Gasteiger partial charge in [0.2, 0.25) is 0 Å². The molecule has 4 rings (SSSR count). The number of carbonyl (C=O) groups excluding carboxylic acids is 1. The fraction of sp³-hybridized carbons (Fsp3) is 0.0909. The number of aromatic nitrogens is 2. The summed E-state index contributed by atoms with van der Waals surface area (Å²) in [4.78, 5) is 18.0. The fourth-order valence-electron chi connectivity index (χ4n) is 2.78. The van der Waals surface area contributed by atoms with Gasteiger partial charge in [-0.15, -0.1) is 11.3 Å². The van der Waals surface area contributed by atoms with E-state index in [4.69, 9.17) is 9.72 Å². The molecule has 0 unspecified atom stereocenters. The minimum Gasteiger partial charge on any atom is -0.497 e. The van der Waals surface area contributed by atoms with Crippen LogP contribution in [0.2, 0.25) is 0 Å². The van der Waals surface area contributed by atoms with Crippen LogP contribution in [-0.4, -0.2) is 28.2 Å². The van der Waals surface area contributed by atoms with Crippen LogP contribution in [0.15, 0.2) is 83.5 Å². The fourth-order valence-corrected chi connectivity index (χ4v) is 4.41. The van der Waals surface area contributed by atoms with Gasteiger partial charge in [0.25, 0.3) is 0 Å². The molecule has 4 aromatic rings. The molecule has 0 aliphatic carbocycles. The summed E-state index contributed by atoms with van der Waals surface area (Å²) in [6, 6.07) is 21.6. The van der Waals surface area contributed by atoms with Gasteiger partial charge in [-0.1, -0.05) is 48.2 Å². The van der Waals surface area contributed by atoms with Crippen LogP contribution in [0.5, 0.6) is 5.75 Å². The summed E-state index contributed by atoms with van der Waals surface area (Å²) in [5, 5.41) is 2.71. The van der Waals surface area contributed by atoms with E-state index in [9.17, 15) is 4.79 Å². The molecule has 0 radical (unpaired) electrons. The van der Waals surface area contributed by atoms with E-state index in [1.54, 1.807) is 7.11 Å². The number of methoxy groups -OCH3 is 1. The average Bonchev–Trinajstić information content (AvgIpc) is 3.43. The zero-order valence-electron chi connectivity index (χ0n) is 15.2. The van der Waals surface area contributed by atoms with Crippen molar-refractivity contribution < 1.29 is 9.53 Å². The van der Waals surface area contributed by atoms with Crippen molar-refractivity contribution in [2.24, 2.45) is 0 Å². The van der Waals surface area contributed by atoms with E-state index in [1.807, 2.05) is 82.9 Å². The highest BCUT2D eigenvalue weighted by Crippen LogP contribution is 2.29. The molecule has 2 heterocycles. The Morgan fingerprint density at radius 3 is 2.54 bits per heavy atom. The Morgan fingerprint density at radius 2 is 1.86 bits per heavy atom. The highest BCUT2D eigenvalue weighted by Gasteiger charge is 2.15. The summed E-state index contributed by atoms with van der Waals surface area (Å²) in [6.45, 7) is 0. The highest BCUT2D eigenvalue weighted by atomic mass is 32.2. The van der Waals surface area contributed by atoms with Crippen molar-refractivity contribution in [3.05, 3.63) is 83.2 Å². The SMILES string of the molecule is COc1ccc(-n2cc(-c3ccccc3)nc2SCC(=O)c2cccs2)cc1. The predicted octanol–water partition coefficient (Wildman–Crippen LogP) is 5.58. The maximum Gasteiger partial charge on any atom is 0.183 e. The predicted molar refractivity (Wildman–Crippen MR) is 115 cm³/mol. The maximum absolute atomic E-state index is 12.4. The molecule has 0 spiro atoms. The van der Waals surface area contributed by atoms with Gasteiger partial charge in [0.15, 0.2) is 10.9 Å². The zero-order chi connectivity index (χ0) is 19.3. The molecule has 0 amide bonds. The molecular weight excluding hydrogens is 388 g/mol. The van der Waals surface area contributed by atoms with Crippen molar-refractivity contribution in [1.29, 1.82) is 0 Å². The quantitative estimate of drug-likeness (QED) is 0.297. The first-order chi connectivity index (χ1) is 13.7. The number of hydrogen-bond donors (Lipinski definition) is 0. The normalized spacial score (nSPS) is 10.8. The number of benzene rings is 2. The van der Waals surface area contributed by atoms with E-state index in [0.717, 1.165) is 32.7 Å². The lowest BCUT2D eigenvalue weighted by atomic mass is 10.2. The molecule has 4 nitrogen and oxygen atoms in total. The first kappa shape index (κ1) is 18.5. The van der Waals surface area contributed by atoms with Gasteiger partial charge in [-0.05, 0) is 35.7 Å². The second-order valence-electron chi connectivity index (χ2n) is 6.03. The van der Waals surface area contributed by atoms with Gasteiger partial charge in [0.05, 0.1) is 23.4 Å². The molecule has 2 aromatic carbocycles. The van der Waals surface area contributed by atoms with Crippen LogP contribution in [0.1, 0.15) is 9.67 Å². The number of rotatable bonds is 7. The third kappa shape index (κ3) is 4.03. The Hall–Kier alpha value is -2.83. The van der Waals surface area contributed by atoms with Crippen LogP contribution in [0.4, 0.5) is 0 Å². The number of ketones is 1. The van der Waals surface area contributed by atoms with Gasteiger partial charge in [-0.25, -0.2) is 4.98 Å². The molecular formula is C22H18N2O2S2. The van der Waals surface area contributed by atoms with Crippen molar-refractivity contribution in [3.63, 3.8) is 0 Å². The van der Waals surface area contributed by atoms with E-state index < -0.39 is 0 Å². The lowest BCUT2D eigenvalue weighted by Gasteiger charge is -2.08. The summed E-state index contributed by atoms with van der Waals surface area (Å²) in [5.74, 6) is 1.27. The molecule has 0 fully saturated rings.